The second-order valence-electron chi connectivity index (χ2n) is 7.34. The van der Waals surface area contributed by atoms with Crippen LogP contribution < -0.4 is 10.1 Å². The van der Waals surface area contributed by atoms with E-state index in [9.17, 15) is 9.59 Å². The van der Waals surface area contributed by atoms with Crippen LogP contribution in [0.25, 0.3) is 6.08 Å². The third-order valence-corrected chi connectivity index (χ3v) is 4.37. The highest BCUT2D eigenvalue weighted by molar-refractivity contribution is 5.89. The van der Waals surface area contributed by atoms with E-state index in [1.807, 2.05) is 31.2 Å². The topological polar surface area (TPSA) is 64.6 Å². The second-order valence-corrected chi connectivity index (χ2v) is 7.34. The van der Waals surface area contributed by atoms with E-state index in [1.54, 1.807) is 25.3 Å². The Morgan fingerprint density at radius 1 is 1.00 bits per heavy atom. The number of hydrogen-bond donors (Lipinski definition) is 1. The Kier molecular flexibility index (Phi) is 8.46. The van der Waals surface area contributed by atoms with E-state index in [0.29, 0.717) is 5.92 Å². The fourth-order valence-corrected chi connectivity index (χ4v) is 2.84. The van der Waals surface area contributed by atoms with E-state index in [0.717, 1.165) is 23.3 Å². The zero-order valence-corrected chi connectivity index (χ0v) is 17.5. The third-order valence-electron chi connectivity index (χ3n) is 4.37. The van der Waals surface area contributed by atoms with Gasteiger partial charge in [0.25, 0.3) is 5.91 Å². The minimum absolute atomic E-state index is 0.163. The Labute approximate surface area is 172 Å². The van der Waals surface area contributed by atoms with Crippen LogP contribution in [-0.4, -0.2) is 25.6 Å². The van der Waals surface area contributed by atoms with Crippen molar-refractivity contribution < 1.29 is 19.1 Å². The van der Waals surface area contributed by atoms with Crippen molar-refractivity contribution in [3.05, 3.63) is 71.3 Å². The summed E-state index contributed by atoms with van der Waals surface area (Å²) >= 11 is 0. The van der Waals surface area contributed by atoms with Crippen molar-refractivity contribution in [3.63, 3.8) is 0 Å². The standard InChI is InChI=1S/C24H29NO4/c1-17(2)15-20-5-10-21(11-6-20)18(3)25-23(26)16-29-24(27)14-9-19-7-12-22(28-4)13-8-19/h5-14,17-18H,15-16H2,1-4H3,(H,25,26)/b14-9+/t18-/m0/s1. The van der Waals surface area contributed by atoms with Crippen LogP contribution in [-0.2, 0) is 20.7 Å². The molecule has 0 aliphatic rings. The van der Waals surface area contributed by atoms with Crippen LogP contribution in [0.2, 0.25) is 0 Å². The molecule has 29 heavy (non-hydrogen) atoms. The van der Waals surface area contributed by atoms with Gasteiger partial charge in [0.1, 0.15) is 5.75 Å². The summed E-state index contributed by atoms with van der Waals surface area (Å²) in [6.07, 6.45) is 3.95. The maximum absolute atomic E-state index is 12.1. The summed E-state index contributed by atoms with van der Waals surface area (Å²) in [5.74, 6) is 0.438. The Morgan fingerprint density at radius 3 is 2.24 bits per heavy atom. The molecule has 0 aliphatic carbocycles. The molecule has 2 aromatic rings. The van der Waals surface area contributed by atoms with E-state index in [1.165, 1.54) is 11.6 Å². The molecule has 1 atom stereocenters. The van der Waals surface area contributed by atoms with Gasteiger partial charge in [0, 0.05) is 6.08 Å². The highest BCUT2D eigenvalue weighted by Gasteiger charge is 2.11. The highest BCUT2D eigenvalue weighted by atomic mass is 16.5. The van der Waals surface area contributed by atoms with E-state index in [-0.39, 0.29) is 18.6 Å². The average Bonchev–Trinajstić information content (AvgIpc) is 2.71. The second kappa shape index (κ2) is 11.1. The van der Waals surface area contributed by atoms with Crippen molar-refractivity contribution in [2.75, 3.05) is 13.7 Å². The largest absolute Gasteiger partial charge is 0.497 e. The predicted molar refractivity (Wildman–Crippen MR) is 115 cm³/mol. The van der Waals surface area contributed by atoms with Crippen molar-refractivity contribution in [3.8, 4) is 5.75 Å². The molecule has 0 bridgehead atoms. The Balaban J connectivity index is 1.77. The van der Waals surface area contributed by atoms with Crippen LogP contribution >= 0.6 is 0 Å². The fraction of sp³-hybridized carbons (Fsp3) is 0.333. The van der Waals surface area contributed by atoms with Crippen LogP contribution in [0.1, 0.15) is 43.5 Å². The van der Waals surface area contributed by atoms with Gasteiger partial charge in [0.05, 0.1) is 13.2 Å². The van der Waals surface area contributed by atoms with Gasteiger partial charge in [0.15, 0.2) is 6.61 Å². The summed E-state index contributed by atoms with van der Waals surface area (Å²) in [5, 5.41) is 2.84. The predicted octanol–water partition coefficient (Wildman–Crippen LogP) is 4.33. The quantitative estimate of drug-likeness (QED) is 0.507. The molecule has 0 radical (unpaired) electrons. The molecule has 154 valence electrons. The molecule has 0 aromatic heterocycles. The van der Waals surface area contributed by atoms with Crippen LogP contribution in [0.5, 0.6) is 5.75 Å². The minimum Gasteiger partial charge on any atom is -0.497 e. The third kappa shape index (κ3) is 7.82. The van der Waals surface area contributed by atoms with Gasteiger partial charge < -0.3 is 14.8 Å². The average molecular weight is 395 g/mol. The first-order valence-electron chi connectivity index (χ1n) is 9.74. The Morgan fingerprint density at radius 2 is 1.66 bits per heavy atom. The molecule has 0 aliphatic heterocycles. The minimum atomic E-state index is -0.568. The van der Waals surface area contributed by atoms with Gasteiger partial charge in [-0.3, -0.25) is 4.79 Å². The molecule has 0 saturated carbocycles. The summed E-state index contributed by atoms with van der Waals surface area (Å²) in [6, 6.07) is 15.3. The molecular formula is C24H29NO4. The van der Waals surface area contributed by atoms with Crippen molar-refractivity contribution >= 4 is 18.0 Å². The lowest BCUT2D eigenvalue weighted by molar-refractivity contribution is -0.144. The maximum atomic E-state index is 12.1. The van der Waals surface area contributed by atoms with Crippen LogP contribution in [0, 0.1) is 5.92 Å². The van der Waals surface area contributed by atoms with Crippen molar-refractivity contribution in [2.24, 2.45) is 5.92 Å². The first-order valence-corrected chi connectivity index (χ1v) is 9.74. The molecule has 2 aromatic carbocycles. The summed E-state index contributed by atoms with van der Waals surface area (Å²) < 4.78 is 10.1. The molecule has 5 nitrogen and oxygen atoms in total. The monoisotopic (exact) mass is 395 g/mol. The molecule has 1 amide bonds. The zero-order valence-electron chi connectivity index (χ0n) is 17.5. The van der Waals surface area contributed by atoms with Crippen LogP contribution in [0.3, 0.4) is 0 Å². The van der Waals surface area contributed by atoms with Gasteiger partial charge in [-0.2, -0.15) is 0 Å². The lowest BCUT2D eigenvalue weighted by Crippen LogP contribution is -2.30. The number of amides is 1. The summed E-state index contributed by atoms with van der Waals surface area (Å²) in [6.45, 7) is 5.96. The number of rotatable bonds is 9. The fourth-order valence-electron chi connectivity index (χ4n) is 2.84. The van der Waals surface area contributed by atoms with Gasteiger partial charge in [-0.15, -0.1) is 0 Å². The van der Waals surface area contributed by atoms with Crippen molar-refractivity contribution in [1.82, 2.24) is 5.32 Å². The molecule has 2 rings (SSSR count). The highest BCUT2D eigenvalue weighted by Crippen LogP contribution is 2.15. The lowest BCUT2D eigenvalue weighted by atomic mass is 10.00. The number of esters is 1. The number of methoxy groups -OCH3 is 1. The normalized spacial score (nSPS) is 12.0. The van der Waals surface area contributed by atoms with Gasteiger partial charge in [-0.05, 0) is 54.2 Å². The van der Waals surface area contributed by atoms with Gasteiger partial charge in [-0.1, -0.05) is 50.2 Å². The smallest absolute Gasteiger partial charge is 0.331 e. The molecule has 0 heterocycles. The molecule has 5 heteroatoms. The maximum Gasteiger partial charge on any atom is 0.331 e. The van der Waals surface area contributed by atoms with Crippen LogP contribution in [0.4, 0.5) is 0 Å². The first-order chi connectivity index (χ1) is 13.9. The number of carbonyl (C=O) groups is 2. The molecule has 0 spiro atoms. The molecule has 0 saturated heterocycles. The van der Waals surface area contributed by atoms with Gasteiger partial charge >= 0.3 is 5.97 Å². The SMILES string of the molecule is COc1ccc(/C=C/C(=O)OCC(=O)N[C@@H](C)c2ccc(CC(C)C)cc2)cc1. The number of hydrogen-bond acceptors (Lipinski definition) is 4. The van der Waals surface area contributed by atoms with Gasteiger partial charge in [0.2, 0.25) is 0 Å². The number of benzene rings is 2. The van der Waals surface area contributed by atoms with E-state index in [2.05, 4.69) is 31.3 Å². The number of carbonyl (C=O) groups excluding carboxylic acids is 2. The number of ether oxygens (including phenoxy) is 2. The Bertz CT molecular complexity index is 823. The van der Waals surface area contributed by atoms with Crippen LogP contribution in [0.15, 0.2) is 54.6 Å². The summed E-state index contributed by atoms with van der Waals surface area (Å²) in [7, 11) is 1.59. The van der Waals surface area contributed by atoms with E-state index >= 15 is 0 Å². The van der Waals surface area contributed by atoms with Crippen molar-refractivity contribution in [2.45, 2.75) is 33.2 Å². The van der Waals surface area contributed by atoms with E-state index < -0.39 is 5.97 Å². The molecule has 0 fully saturated rings. The lowest BCUT2D eigenvalue weighted by Gasteiger charge is -2.15. The summed E-state index contributed by atoms with van der Waals surface area (Å²) in [4.78, 5) is 23.9. The Hall–Kier alpha value is -3.08. The molecule has 0 unspecified atom stereocenters. The van der Waals surface area contributed by atoms with Gasteiger partial charge in [-0.25, -0.2) is 4.79 Å². The zero-order chi connectivity index (χ0) is 21.2. The van der Waals surface area contributed by atoms with E-state index in [4.69, 9.17) is 9.47 Å². The molecule has 1 N–H and O–H groups in total. The first kappa shape index (κ1) is 22.2. The summed E-state index contributed by atoms with van der Waals surface area (Å²) in [5.41, 5.74) is 3.12. The number of nitrogens with one attached hydrogen (secondary N) is 1. The molecular weight excluding hydrogens is 366 g/mol. The van der Waals surface area contributed by atoms with Crippen molar-refractivity contribution in [1.29, 1.82) is 0 Å².